The molecule has 0 amide bonds. The second-order valence-corrected chi connectivity index (χ2v) is 8.30. The molecule has 1 aliphatic heterocycles. The van der Waals surface area contributed by atoms with Crippen LogP contribution in [0.3, 0.4) is 0 Å². The Kier molecular flexibility index (Phi) is 5.61. The zero-order chi connectivity index (χ0) is 17.9. The number of hydrogen-bond donors (Lipinski definition) is 0. The summed E-state index contributed by atoms with van der Waals surface area (Å²) in [6, 6.07) is 19.6. The third kappa shape index (κ3) is 4.71. The molecule has 0 aromatic heterocycles. The predicted molar refractivity (Wildman–Crippen MR) is 105 cm³/mol. The standard InChI is InChI=1S/C23H31NO/c1-23(2,3)20-12-10-19(11-13-20)22(18-8-6-5-7-9-18)25-21-14-16-24(4)17-15-21/h5-13,21-22H,14-17H2,1-4H3. The summed E-state index contributed by atoms with van der Waals surface area (Å²) < 4.78 is 6.61. The molecule has 2 nitrogen and oxygen atoms in total. The molecular formula is C23H31NO. The number of benzene rings is 2. The van der Waals surface area contributed by atoms with E-state index in [0.717, 1.165) is 25.9 Å². The van der Waals surface area contributed by atoms with Gasteiger partial charge in [0.25, 0.3) is 0 Å². The van der Waals surface area contributed by atoms with Crippen molar-refractivity contribution in [2.75, 3.05) is 20.1 Å². The summed E-state index contributed by atoms with van der Waals surface area (Å²) >= 11 is 0. The van der Waals surface area contributed by atoms with Gasteiger partial charge in [-0.2, -0.15) is 0 Å². The van der Waals surface area contributed by atoms with E-state index in [1.54, 1.807) is 0 Å². The maximum atomic E-state index is 6.61. The Morgan fingerprint density at radius 1 is 0.880 bits per heavy atom. The van der Waals surface area contributed by atoms with Gasteiger partial charge in [-0.05, 0) is 42.0 Å². The molecule has 0 radical (unpaired) electrons. The number of nitrogens with zero attached hydrogens (tertiary/aromatic N) is 1. The second-order valence-electron chi connectivity index (χ2n) is 8.30. The molecule has 0 aliphatic carbocycles. The minimum Gasteiger partial charge on any atom is -0.365 e. The van der Waals surface area contributed by atoms with Crippen molar-refractivity contribution in [3.8, 4) is 0 Å². The normalized spacial score (nSPS) is 18.2. The molecule has 0 N–H and O–H groups in total. The van der Waals surface area contributed by atoms with Crippen LogP contribution >= 0.6 is 0 Å². The highest BCUT2D eigenvalue weighted by Crippen LogP contribution is 2.31. The van der Waals surface area contributed by atoms with E-state index in [1.807, 2.05) is 0 Å². The summed E-state index contributed by atoms with van der Waals surface area (Å²) in [5, 5.41) is 0. The smallest absolute Gasteiger partial charge is 0.108 e. The lowest BCUT2D eigenvalue weighted by Crippen LogP contribution is -2.35. The molecule has 1 unspecified atom stereocenters. The summed E-state index contributed by atoms with van der Waals surface area (Å²) in [4.78, 5) is 2.38. The lowest BCUT2D eigenvalue weighted by Gasteiger charge is -2.32. The minimum absolute atomic E-state index is 0.0172. The number of likely N-dealkylation sites (tertiary alicyclic amines) is 1. The molecular weight excluding hydrogens is 306 g/mol. The van der Waals surface area contributed by atoms with E-state index in [2.05, 4.69) is 87.3 Å². The van der Waals surface area contributed by atoms with Crippen LogP contribution in [-0.4, -0.2) is 31.1 Å². The molecule has 2 heteroatoms. The van der Waals surface area contributed by atoms with Crippen LogP contribution < -0.4 is 0 Å². The third-order valence-corrected chi connectivity index (χ3v) is 5.18. The molecule has 1 atom stereocenters. The van der Waals surface area contributed by atoms with Crippen LogP contribution in [0, 0.1) is 0 Å². The second kappa shape index (κ2) is 7.72. The van der Waals surface area contributed by atoms with Gasteiger partial charge in [0.2, 0.25) is 0 Å². The van der Waals surface area contributed by atoms with Crippen LogP contribution in [0.4, 0.5) is 0 Å². The van der Waals surface area contributed by atoms with Crippen LogP contribution in [0.2, 0.25) is 0 Å². The van der Waals surface area contributed by atoms with E-state index in [4.69, 9.17) is 4.74 Å². The number of ether oxygens (including phenoxy) is 1. The van der Waals surface area contributed by atoms with E-state index in [1.165, 1.54) is 16.7 Å². The molecule has 3 rings (SSSR count). The van der Waals surface area contributed by atoms with Crippen LogP contribution in [0.5, 0.6) is 0 Å². The molecule has 2 aromatic carbocycles. The summed E-state index contributed by atoms with van der Waals surface area (Å²) in [7, 11) is 2.19. The lowest BCUT2D eigenvalue weighted by atomic mass is 9.86. The van der Waals surface area contributed by atoms with Gasteiger partial charge < -0.3 is 9.64 Å². The van der Waals surface area contributed by atoms with Crippen molar-refractivity contribution in [3.05, 3.63) is 71.3 Å². The van der Waals surface area contributed by atoms with Gasteiger partial charge in [0.05, 0.1) is 6.10 Å². The Hall–Kier alpha value is -1.64. The fourth-order valence-electron chi connectivity index (χ4n) is 3.45. The monoisotopic (exact) mass is 337 g/mol. The summed E-state index contributed by atoms with van der Waals surface area (Å²) in [5.41, 5.74) is 4.03. The first-order chi connectivity index (χ1) is 11.9. The van der Waals surface area contributed by atoms with E-state index in [0.29, 0.717) is 6.10 Å². The fraction of sp³-hybridized carbons (Fsp3) is 0.478. The van der Waals surface area contributed by atoms with E-state index < -0.39 is 0 Å². The van der Waals surface area contributed by atoms with Crippen LogP contribution in [0.25, 0.3) is 0 Å². The first-order valence-electron chi connectivity index (χ1n) is 9.43. The molecule has 25 heavy (non-hydrogen) atoms. The first-order valence-corrected chi connectivity index (χ1v) is 9.43. The zero-order valence-electron chi connectivity index (χ0n) is 16.0. The molecule has 134 valence electrons. The molecule has 1 heterocycles. The van der Waals surface area contributed by atoms with Crippen molar-refractivity contribution in [2.24, 2.45) is 0 Å². The first kappa shape index (κ1) is 18.2. The molecule has 0 spiro atoms. The van der Waals surface area contributed by atoms with Crippen molar-refractivity contribution in [1.29, 1.82) is 0 Å². The quantitative estimate of drug-likeness (QED) is 0.762. The molecule has 1 saturated heterocycles. The highest BCUT2D eigenvalue weighted by atomic mass is 16.5. The van der Waals surface area contributed by atoms with Crippen molar-refractivity contribution >= 4 is 0 Å². The van der Waals surface area contributed by atoms with Crippen LogP contribution in [0.1, 0.15) is 56.4 Å². The van der Waals surface area contributed by atoms with Crippen LogP contribution in [0.15, 0.2) is 54.6 Å². The van der Waals surface area contributed by atoms with Crippen molar-refractivity contribution in [2.45, 2.75) is 51.2 Å². The van der Waals surface area contributed by atoms with Gasteiger partial charge in [0, 0.05) is 13.1 Å². The number of hydrogen-bond acceptors (Lipinski definition) is 2. The minimum atomic E-state index is 0.0172. The summed E-state index contributed by atoms with van der Waals surface area (Å²) in [6.07, 6.45) is 2.58. The van der Waals surface area contributed by atoms with E-state index in [-0.39, 0.29) is 11.5 Å². The largest absolute Gasteiger partial charge is 0.365 e. The predicted octanol–water partition coefficient (Wildman–Crippen LogP) is 5.18. The maximum Gasteiger partial charge on any atom is 0.108 e. The van der Waals surface area contributed by atoms with Gasteiger partial charge >= 0.3 is 0 Å². The average molecular weight is 338 g/mol. The lowest BCUT2D eigenvalue weighted by molar-refractivity contribution is -0.0234. The summed E-state index contributed by atoms with van der Waals surface area (Å²) in [6.45, 7) is 9.01. The molecule has 1 fully saturated rings. The molecule has 1 aliphatic rings. The van der Waals surface area contributed by atoms with Gasteiger partial charge in [-0.1, -0.05) is 75.4 Å². The van der Waals surface area contributed by atoms with Crippen molar-refractivity contribution < 1.29 is 4.74 Å². The molecule has 2 aromatic rings. The fourth-order valence-corrected chi connectivity index (χ4v) is 3.45. The Morgan fingerprint density at radius 2 is 1.44 bits per heavy atom. The maximum absolute atomic E-state index is 6.61. The molecule has 0 bridgehead atoms. The Labute approximate surface area is 152 Å². The van der Waals surface area contributed by atoms with E-state index >= 15 is 0 Å². The number of piperidine rings is 1. The van der Waals surface area contributed by atoms with Gasteiger partial charge in [0.15, 0.2) is 0 Å². The topological polar surface area (TPSA) is 12.5 Å². The Bertz CT molecular complexity index is 649. The number of rotatable bonds is 4. The van der Waals surface area contributed by atoms with Crippen molar-refractivity contribution in [1.82, 2.24) is 4.90 Å². The molecule has 0 saturated carbocycles. The summed E-state index contributed by atoms with van der Waals surface area (Å²) in [5.74, 6) is 0. The highest BCUT2D eigenvalue weighted by Gasteiger charge is 2.24. The average Bonchev–Trinajstić information content (AvgIpc) is 2.61. The van der Waals surface area contributed by atoms with Gasteiger partial charge in [-0.3, -0.25) is 0 Å². The van der Waals surface area contributed by atoms with Crippen LogP contribution in [-0.2, 0) is 10.2 Å². The third-order valence-electron chi connectivity index (χ3n) is 5.18. The van der Waals surface area contributed by atoms with Gasteiger partial charge in [0.1, 0.15) is 6.10 Å². The van der Waals surface area contributed by atoms with E-state index in [9.17, 15) is 0 Å². The zero-order valence-corrected chi connectivity index (χ0v) is 16.0. The SMILES string of the molecule is CN1CCC(OC(c2ccccc2)c2ccc(C(C)(C)C)cc2)CC1. The van der Waals surface area contributed by atoms with Crippen molar-refractivity contribution in [3.63, 3.8) is 0 Å². The van der Waals surface area contributed by atoms with Gasteiger partial charge in [-0.15, -0.1) is 0 Å². The Balaban J connectivity index is 1.84. The Morgan fingerprint density at radius 3 is 2.00 bits per heavy atom. The highest BCUT2D eigenvalue weighted by molar-refractivity contribution is 5.34. The van der Waals surface area contributed by atoms with Gasteiger partial charge in [-0.25, -0.2) is 0 Å².